The van der Waals surface area contributed by atoms with Gasteiger partial charge in [-0.05, 0) is 50.0 Å². The first-order valence-corrected chi connectivity index (χ1v) is 12.5. The van der Waals surface area contributed by atoms with Crippen LogP contribution in [0.25, 0.3) is 0 Å². The van der Waals surface area contributed by atoms with Crippen LogP contribution in [0, 0.1) is 11.8 Å². The largest absolute Gasteiger partial charge is 0.481 e. The molecule has 36 heavy (non-hydrogen) atoms. The lowest BCUT2D eigenvalue weighted by molar-refractivity contribution is -0.141. The minimum absolute atomic E-state index is 0.0464. The van der Waals surface area contributed by atoms with Crippen molar-refractivity contribution in [3.8, 4) is 17.6 Å². The number of aliphatic carboxylic acids is 1. The molecule has 0 radical (unpaired) electrons. The maximum absolute atomic E-state index is 13.6. The molecule has 3 rings (SSSR count). The Morgan fingerprint density at radius 1 is 1.08 bits per heavy atom. The lowest BCUT2D eigenvalue weighted by Crippen LogP contribution is -2.51. The molecule has 11 heteroatoms. The SMILES string of the molecule is COCC#CCOc1ccc(S(=O)(=O)N2Cc3ccccc3N(C(=O)CN(C)C)CC2C(=O)O)cc1. The van der Waals surface area contributed by atoms with Crippen LogP contribution in [0.5, 0.6) is 5.75 Å². The van der Waals surface area contributed by atoms with Crippen LogP contribution in [0.2, 0.25) is 0 Å². The van der Waals surface area contributed by atoms with Gasteiger partial charge in [-0.1, -0.05) is 30.0 Å². The standard InChI is InChI=1S/C25H29N3O7S/c1-26(2)18-24(29)27-17-23(25(30)31)28(16-19-8-4-5-9-22(19)27)36(32,33)21-12-10-20(11-13-21)35-15-7-6-14-34-3/h4-5,8-13,23H,14-18H2,1-3H3,(H,30,31). The third-order valence-electron chi connectivity index (χ3n) is 5.43. The van der Waals surface area contributed by atoms with Crippen LogP contribution in [0.1, 0.15) is 5.56 Å². The molecule has 1 unspecified atom stereocenters. The maximum atomic E-state index is 13.6. The number of methoxy groups -OCH3 is 1. The maximum Gasteiger partial charge on any atom is 0.323 e. The van der Waals surface area contributed by atoms with Crippen molar-refractivity contribution >= 4 is 27.6 Å². The third-order valence-corrected chi connectivity index (χ3v) is 7.30. The number of amides is 1. The summed E-state index contributed by atoms with van der Waals surface area (Å²) in [5, 5.41) is 10.0. The molecule has 1 atom stereocenters. The van der Waals surface area contributed by atoms with Gasteiger partial charge in [-0.15, -0.1) is 0 Å². The summed E-state index contributed by atoms with van der Waals surface area (Å²) >= 11 is 0. The average Bonchev–Trinajstić information content (AvgIpc) is 3.02. The normalized spacial score (nSPS) is 16.0. The molecule has 192 valence electrons. The van der Waals surface area contributed by atoms with E-state index in [4.69, 9.17) is 9.47 Å². The van der Waals surface area contributed by atoms with Crippen LogP contribution >= 0.6 is 0 Å². The van der Waals surface area contributed by atoms with E-state index in [1.807, 2.05) is 0 Å². The molecule has 1 heterocycles. The fraction of sp³-hybridized carbons (Fsp3) is 0.360. The summed E-state index contributed by atoms with van der Waals surface area (Å²) in [4.78, 5) is 28.2. The predicted octanol–water partition coefficient (Wildman–Crippen LogP) is 1.27. The molecular formula is C25H29N3O7S. The van der Waals surface area contributed by atoms with Gasteiger partial charge in [0.1, 0.15) is 25.0 Å². The minimum Gasteiger partial charge on any atom is -0.481 e. The Morgan fingerprint density at radius 2 is 1.75 bits per heavy atom. The van der Waals surface area contributed by atoms with E-state index in [-0.39, 0.29) is 43.7 Å². The number of carboxylic acid groups (broad SMARTS) is 1. The fourth-order valence-corrected chi connectivity index (χ4v) is 5.28. The molecule has 0 spiro atoms. The highest BCUT2D eigenvalue weighted by Gasteiger charge is 2.41. The number of fused-ring (bicyclic) bond motifs is 1. The van der Waals surface area contributed by atoms with Gasteiger partial charge in [0.15, 0.2) is 0 Å². The molecule has 1 N–H and O–H groups in total. The third kappa shape index (κ3) is 6.41. The van der Waals surface area contributed by atoms with Gasteiger partial charge < -0.3 is 24.4 Å². The van der Waals surface area contributed by atoms with Crippen LogP contribution in [0.3, 0.4) is 0 Å². The van der Waals surface area contributed by atoms with Gasteiger partial charge in [0, 0.05) is 19.3 Å². The monoisotopic (exact) mass is 515 g/mol. The molecule has 10 nitrogen and oxygen atoms in total. The molecule has 2 aromatic carbocycles. The lowest BCUT2D eigenvalue weighted by Gasteiger charge is -2.29. The summed E-state index contributed by atoms with van der Waals surface area (Å²) in [7, 11) is 0.751. The highest BCUT2D eigenvalue weighted by molar-refractivity contribution is 7.89. The minimum atomic E-state index is -4.24. The Balaban J connectivity index is 1.93. The zero-order valence-corrected chi connectivity index (χ0v) is 21.2. The highest BCUT2D eigenvalue weighted by atomic mass is 32.2. The number of benzene rings is 2. The average molecular weight is 516 g/mol. The van der Waals surface area contributed by atoms with Gasteiger partial charge in [-0.25, -0.2) is 8.42 Å². The smallest absolute Gasteiger partial charge is 0.323 e. The van der Waals surface area contributed by atoms with E-state index in [1.54, 1.807) is 43.3 Å². The first-order chi connectivity index (χ1) is 17.1. The van der Waals surface area contributed by atoms with Gasteiger partial charge in [-0.3, -0.25) is 9.59 Å². The zero-order valence-electron chi connectivity index (χ0n) is 20.4. The number of para-hydroxylation sites is 1. The van der Waals surface area contributed by atoms with Crippen LogP contribution in [0.15, 0.2) is 53.4 Å². The van der Waals surface area contributed by atoms with Crippen molar-refractivity contribution in [1.29, 1.82) is 0 Å². The molecule has 1 amide bonds. The lowest BCUT2D eigenvalue weighted by atomic mass is 10.1. The Morgan fingerprint density at radius 3 is 2.39 bits per heavy atom. The first kappa shape index (κ1) is 27.2. The summed E-state index contributed by atoms with van der Waals surface area (Å²) in [5.74, 6) is 4.26. The van der Waals surface area contributed by atoms with E-state index in [0.29, 0.717) is 17.0 Å². The summed E-state index contributed by atoms with van der Waals surface area (Å²) in [6.45, 7) is -0.0858. The number of anilines is 1. The van der Waals surface area contributed by atoms with Gasteiger partial charge in [0.05, 0.1) is 18.0 Å². The summed E-state index contributed by atoms with van der Waals surface area (Å²) in [6.07, 6.45) is 0. The van der Waals surface area contributed by atoms with E-state index in [9.17, 15) is 23.1 Å². The second-order valence-corrected chi connectivity index (χ2v) is 10.2. The van der Waals surface area contributed by atoms with Gasteiger partial charge >= 0.3 is 5.97 Å². The number of likely N-dealkylation sites (N-methyl/N-ethyl adjacent to an activating group) is 1. The number of carbonyl (C=O) groups excluding carboxylic acids is 1. The van der Waals surface area contributed by atoms with Gasteiger partial charge in [-0.2, -0.15) is 4.31 Å². The number of nitrogens with zero attached hydrogens (tertiary/aromatic N) is 3. The Kier molecular flexibility index (Phi) is 9.06. The summed E-state index contributed by atoms with van der Waals surface area (Å²) in [5.41, 5.74) is 1.03. The van der Waals surface area contributed by atoms with E-state index in [2.05, 4.69) is 11.8 Å². The molecule has 0 aromatic heterocycles. The van der Waals surface area contributed by atoms with Gasteiger partial charge in [0.25, 0.3) is 0 Å². The number of ether oxygens (including phenoxy) is 2. The second kappa shape index (κ2) is 12.0. The highest BCUT2D eigenvalue weighted by Crippen LogP contribution is 2.31. The van der Waals surface area contributed by atoms with Crippen LogP contribution in [0.4, 0.5) is 5.69 Å². The topological polar surface area (TPSA) is 117 Å². The van der Waals surface area contributed by atoms with Crippen molar-refractivity contribution in [2.45, 2.75) is 17.5 Å². The van der Waals surface area contributed by atoms with Crippen LogP contribution in [-0.2, 0) is 30.9 Å². The molecule has 0 saturated carbocycles. The van der Waals surface area contributed by atoms with E-state index in [1.165, 1.54) is 36.3 Å². The zero-order chi connectivity index (χ0) is 26.3. The van der Waals surface area contributed by atoms with Crippen molar-refractivity contribution in [2.24, 2.45) is 0 Å². The Hall–Kier alpha value is -3.43. The number of carboxylic acids is 1. The first-order valence-electron chi connectivity index (χ1n) is 11.1. The molecule has 1 aliphatic heterocycles. The molecule has 1 aliphatic rings. The number of carbonyl (C=O) groups is 2. The van der Waals surface area contributed by atoms with Gasteiger partial charge in [0.2, 0.25) is 15.9 Å². The van der Waals surface area contributed by atoms with Crippen LogP contribution in [-0.4, -0.2) is 88.2 Å². The molecular weight excluding hydrogens is 486 g/mol. The van der Waals surface area contributed by atoms with Crippen LogP contribution < -0.4 is 9.64 Å². The van der Waals surface area contributed by atoms with Crippen molar-refractivity contribution in [1.82, 2.24) is 9.21 Å². The predicted molar refractivity (Wildman–Crippen MR) is 133 cm³/mol. The van der Waals surface area contributed by atoms with Crippen molar-refractivity contribution in [3.63, 3.8) is 0 Å². The Bertz CT molecular complexity index is 1250. The fourth-order valence-electron chi connectivity index (χ4n) is 3.73. The molecule has 0 bridgehead atoms. The number of sulfonamides is 1. The quantitative estimate of drug-likeness (QED) is 0.523. The van der Waals surface area contributed by atoms with E-state index >= 15 is 0 Å². The molecule has 0 saturated heterocycles. The van der Waals surface area contributed by atoms with Crippen molar-refractivity contribution < 1.29 is 32.6 Å². The number of hydrogen-bond acceptors (Lipinski definition) is 7. The molecule has 0 aliphatic carbocycles. The van der Waals surface area contributed by atoms with E-state index < -0.39 is 22.0 Å². The molecule has 2 aromatic rings. The van der Waals surface area contributed by atoms with Crippen molar-refractivity contribution in [3.05, 3.63) is 54.1 Å². The molecule has 0 fully saturated rings. The summed E-state index contributed by atoms with van der Waals surface area (Å²) < 4.78 is 38.5. The summed E-state index contributed by atoms with van der Waals surface area (Å²) in [6, 6.07) is 11.0. The number of hydrogen-bond donors (Lipinski definition) is 1. The second-order valence-electron chi connectivity index (χ2n) is 8.32. The van der Waals surface area contributed by atoms with E-state index in [0.717, 1.165) is 4.31 Å². The Labute approximate surface area is 211 Å². The number of rotatable bonds is 8. The van der Waals surface area contributed by atoms with Crippen molar-refractivity contribution in [2.75, 3.05) is 52.4 Å².